The molecule has 0 amide bonds. The fourth-order valence-electron chi connectivity index (χ4n) is 1.95. The molecule has 1 heterocycles. The minimum absolute atomic E-state index is 0.0209. The molecule has 4 heteroatoms. The maximum Gasteiger partial charge on any atom is 0.394 e. The Balaban J connectivity index is 2.64. The third-order valence-corrected chi connectivity index (χ3v) is 3.50. The molecule has 0 radical (unpaired) electrons. The Labute approximate surface area is 89.6 Å². The summed E-state index contributed by atoms with van der Waals surface area (Å²) in [5.74, 6) is 0. The molecule has 0 bridgehead atoms. The molecule has 15 heavy (non-hydrogen) atoms. The van der Waals surface area contributed by atoms with Crippen LogP contribution in [0.2, 0.25) is 0 Å². The number of piperidine rings is 1. The SMILES string of the molecule is CC(C)(C)N1CCC(C)(C(F)(F)F)CC1. The van der Waals surface area contributed by atoms with Gasteiger partial charge >= 0.3 is 6.18 Å². The second-order valence-electron chi connectivity index (χ2n) is 5.72. The molecular weight excluding hydrogens is 203 g/mol. The average Bonchev–Trinajstić information content (AvgIpc) is 2.01. The molecule has 0 atom stereocenters. The molecule has 1 aliphatic heterocycles. The van der Waals surface area contributed by atoms with E-state index in [1.165, 1.54) is 6.92 Å². The molecule has 0 saturated carbocycles. The van der Waals surface area contributed by atoms with E-state index in [0.717, 1.165) is 0 Å². The number of alkyl halides is 3. The molecule has 1 rings (SSSR count). The van der Waals surface area contributed by atoms with Crippen LogP contribution in [-0.4, -0.2) is 29.7 Å². The smallest absolute Gasteiger partial charge is 0.298 e. The van der Waals surface area contributed by atoms with Gasteiger partial charge in [0.1, 0.15) is 0 Å². The molecule has 0 aromatic heterocycles. The summed E-state index contributed by atoms with van der Waals surface area (Å²) in [6.07, 6.45) is -3.63. The molecule has 1 aliphatic rings. The van der Waals surface area contributed by atoms with Crippen LogP contribution in [0.25, 0.3) is 0 Å². The van der Waals surface area contributed by atoms with Crippen LogP contribution < -0.4 is 0 Å². The van der Waals surface area contributed by atoms with E-state index in [9.17, 15) is 13.2 Å². The first-order chi connectivity index (χ1) is 6.56. The maximum atomic E-state index is 12.7. The van der Waals surface area contributed by atoms with Gasteiger partial charge in [0.15, 0.2) is 0 Å². The highest BCUT2D eigenvalue weighted by molar-refractivity contribution is 4.91. The second-order valence-corrected chi connectivity index (χ2v) is 5.72. The highest BCUT2D eigenvalue weighted by atomic mass is 19.4. The van der Waals surface area contributed by atoms with Crippen molar-refractivity contribution in [2.75, 3.05) is 13.1 Å². The van der Waals surface area contributed by atoms with Crippen molar-refractivity contribution in [3.05, 3.63) is 0 Å². The first-order valence-electron chi connectivity index (χ1n) is 5.38. The van der Waals surface area contributed by atoms with Gasteiger partial charge in [-0.25, -0.2) is 0 Å². The normalized spacial score (nSPS) is 24.2. The summed E-state index contributed by atoms with van der Waals surface area (Å²) in [6.45, 7) is 8.56. The molecule has 0 unspecified atom stereocenters. The minimum atomic E-state index is -4.06. The predicted molar refractivity (Wildman–Crippen MR) is 54.7 cm³/mol. The van der Waals surface area contributed by atoms with E-state index in [-0.39, 0.29) is 18.4 Å². The number of nitrogens with zero attached hydrogens (tertiary/aromatic N) is 1. The molecule has 90 valence electrons. The molecule has 0 aromatic carbocycles. The van der Waals surface area contributed by atoms with Crippen molar-refractivity contribution in [2.45, 2.75) is 52.3 Å². The quantitative estimate of drug-likeness (QED) is 0.608. The van der Waals surface area contributed by atoms with Gasteiger partial charge in [0.05, 0.1) is 5.41 Å². The van der Waals surface area contributed by atoms with Gasteiger partial charge in [-0.15, -0.1) is 0 Å². The number of rotatable bonds is 0. The molecule has 0 spiro atoms. The Morgan fingerprint density at radius 2 is 1.40 bits per heavy atom. The van der Waals surface area contributed by atoms with E-state index in [0.29, 0.717) is 13.1 Å². The van der Waals surface area contributed by atoms with Crippen LogP contribution in [0.1, 0.15) is 40.5 Å². The lowest BCUT2D eigenvalue weighted by molar-refractivity contribution is -0.233. The summed E-state index contributed by atoms with van der Waals surface area (Å²) >= 11 is 0. The lowest BCUT2D eigenvalue weighted by Gasteiger charge is -2.45. The lowest BCUT2D eigenvalue weighted by atomic mass is 9.78. The van der Waals surface area contributed by atoms with E-state index in [1.807, 2.05) is 20.8 Å². The van der Waals surface area contributed by atoms with Gasteiger partial charge < -0.3 is 0 Å². The largest absolute Gasteiger partial charge is 0.394 e. The number of hydrogen-bond donors (Lipinski definition) is 0. The number of likely N-dealkylation sites (tertiary alicyclic amines) is 1. The van der Waals surface area contributed by atoms with Crippen LogP contribution in [0.4, 0.5) is 13.2 Å². The van der Waals surface area contributed by atoms with Crippen LogP contribution in [0.15, 0.2) is 0 Å². The molecule has 0 aliphatic carbocycles. The van der Waals surface area contributed by atoms with Gasteiger partial charge in [0.25, 0.3) is 0 Å². The van der Waals surface area contributed by atoms with Crippen molar-refractivity contribution < 1.29 is 13.2 Å². The van der Waals surface area contributed by atoms with Crippen LogP contribution in [0.5, 0.6) is 0 Å². The number of hydrogen-bond acceptors (Lipinski definition) is 1. The van der Waals surface area contributed by atoms with Crippen LogP contribution in [0, 0.1) is 5.41 Å². The summed E-state index contributed by atoms with van der Waals surface area (Å²) in [4.78, 5) is 2.13. The molecular formula is C11H20F3N. The van der Waals surface area contributed by atoms with Gasteiger partial charge in [-0.05, 0) is 46.7 Å². The third kappa shape index (κ3) is 2.65. The Morgan fingerprint density at radius 3 is 1.67 bits per heavy atom. The van der Waals surface area contributed by atoms with Gasteiger partial charge in [0, 0.05) is 5.54 Å². The summed E-state index contributed by atoms with van der Waals surface area (Å²) in [5, 5.41) is 0. The van der Waals surface area contributed by atoms with Crippen molar-refractivity contribution in [1.82, 2.24) is 4.90 Å². The molecule has 1 nitrogen and oxygen atoms in total. The monoisotopic (exact) mass is 223 g/mol. The van der Waals surface area contributed by atoms with Crippen LogP contribution in [0.3, 0.4) is 0 Å². The standard InChI is InChI=1S/C11H20F3N/c1-9(2,3)15-7-5-10(4,6-8-15)11(12,13)14/h5-8H2,1-4H3. The van der Waals surface area contributed by atoms with Crippen molar-refractivity contribution in [3.63, 3.8) is 0 Å². The van der Waals surface area contributed by atoms with Gasteiger partial charge in [-0.1, -0.05) is 6.92 Å². The van der Waals surface area contributed by atoms with E-state index >= 15 is 0 Å². The summed E-state index contributed by atoms with van der Waals surface area (Å²) in [6, 6.07) is 0. The number of halogens is 3. The Morgan fingerprint density at radius 1 is 1.00 bits per heavy atom. The third-order valence-electron chi connectivity index (χ3n) is 3.50. The van der Waals surface area contributed by atoms with E-state index < -0.39 is 11.6 Å². The first kappa shape index (κ1) is 12.8. The van der Waals surface area contributed by atoms with E-state index in [4.69, 9.17) is 0 Å². The summed E-state index contributed by atoms with van der Waals surface area (Å²) in [7, 11) is 0. The van der Waals surface area contributed by atoms with Crippen molar-refractivity contribution in [1.29, 1.82) is 0 Å². The predicted octanol–water partition coefficient (Wildman–Crippen LogP) is 3.45. The van der Waals surface area contributed by atoms with Gasteiger partial charge in [-0.3, -0.25) is 4.90 Å². The average molecular weight is 223 g/mol. The van der Waals surface area contributed by atoms with Crippen LogP contribution in [-0.2, 0) is 0 Å². The summed E-state index contributed by atoms with van der Waals surface area (Å²) in [5.41, 5.74) is -1.50. The van der Waals surface area contributed by atoms with Gasteiger partial charge in [-0.2, -0.15) is 13.2 Å². The summed E-state index contributed by atoms with van der Waals surface area (Å²) < 4.78 is 38.2. The zero-order chi connectivity index (χ0) is 11.9. The molecule has 0 N–H and O–H groups in total. The minimum Gasteiger partial charge on any atom is -0.298 e. The Bertz CT molecular complexity index is 219. The van der Waals surface area contributed by atoms with Crippen molar-refractivity contribution in [2.24, 2.45) is 5.41 Å². The van der Waals surface area contributed by atoms with Crippen molar-refractivity contribution in [3.8, 4) is 0 Å². The topological polar surface area (TPSA) is 3.24 Å². The fraction of sp³-hybridized carbons (Fsp3) is 1.00. The van der Waals surface area contributed by atoms with E-state index in [2.05, 4.69) is 4.90 Å². The van der Waals surface area contributed by atoms with Crippen molar-refractivity contribution >= 4 is 0 Å². The van der Waals surface area contributed by atoms with Crippen LogP contribution >= 0.6 is 0 Å². The highest BCUT2D eigenvalue weighted by Crippen LogP contribution is 2.46. The first-order valence-corrected chi connectivity index (χ1v) is 5.38. The van der Waals surface area contributed by atoms with E-state index in [1.54, 1.807) is 0 Å². The molecule has 1 saturated heterocycles. The molecule has 0 aromatic rings. The zero-order valence-corrected chi connectivity index (χ0v) is 9.91. The highest BCUT2D eigenvalue weighted by Gasteiger charge is 2.52. The Hall–Kier alpha value is -0.250. The fourth-order valence-corrected chi connectivity index (χ4v) is 1.95. The lowest BCUT2D eigenvalue weighted by Crippen LogP contribution is -2.52. The zero-order valence-electron chi connectivity index (χ0n) is 9.91. The maximum absolute atomic E-state index is 12.7. The molecule has 1 fully saturated rings. The second kappa shape index (κ2) is 3.65. The Kier molecular flexibility index (Phi) is 3.12. The van der Waals surface area contributed by atoms with Gasteiger partial charge in [0.2, 0.25) is 0 Å².